The van der Waals surface area contributed by atoms with Crippen LogP contribution < -0.4 is 14.8 Å². The maximum atomic E-state index is 11.1. The minimum absolute atomic E-state index is 0.0985. The van der Waals surface area contributed by atoms with Crippen molar-refractivity contribution in [3.63, 3.8) is 0 Å². The molecule has 1 fully saturated rings. The zero-order chi connectivity index (χ0) is 19.2. The molecule has 0 amide bonds. The fraction of sp³-hybridized carbons (Fsp3) is 0.300. The summed E-state index contributed by atoms with van der Waals surface area (Å²) in [7, 11) is 0. The Hall–Kier alpha value is -2.69. The van der Waals surface area contributed by atoms with Crippen LogP contribution >= 0.6 is 11.8 Å². The van der Waals surface area contributed by atoms with Crippen LogP contribution in [0.2, 0.25) is 0 Å². The van der Waals surface area contributed by atoms with Crippen molar-refractivity contribution in [3.05, 3.63) is 59.2 Å². The first kappa shape index (κ1) is 19.1. The molecule has 0 unspecified atom stereocenters. The molecular formula is C20H20N2O4S. The summed E-state index contributed by atoms with van der Waals surface area (Å²) in [5, 5.41) is 21.0. The standard InChI is InChI=1S/C20H20N2O4S/c1-2-25-17-9-13(19-22-11-18(27-19)20(23)24)7-8-16(17)26-12-15-6-4-3-5-14(15)10-21/h3-9,18-19,22H,2,11-12H2,1H3,(H,23,24)/t18-,19+/m0/s1. The quantitative estimate of drug-likeness (QED) is 0.756. The third kappa shape index (κ3) is 4.54. The molecule has 27 heavy (non-hydrogen) atoms. The number of aliphatic carboxylic acids is 1. The van der Waals surface area contributed by atoms with Crippen molar-refractivity contribution in [1.82, 2.24) is 5.32 Å². The molecule has 0 aromatic heterocycles. The van der Waals surface area contributed by atoms with Crippen molar-refractivity contribution in [2.45, 2.75) is 24.2 Å². The molecule has 0 saturated carbocycles. The molecule has 2 N–H and O–H groups in total. The molecule has 0 radical (unpaired) electrons. The van der Waals surface area contributed by atoms with Crippen LogP contribution in [-0.2, 0) is 11.4 Å². The summed E-state index contributed by atoms with van der Waals surface area (Å²) in [6.45, 7) is 3.07. The number of hydrogen-bond acceptors (Lipinski definition) is 6. The second-order valence-electron chi connectivity index (χ2n) is 5.95. The maximum absolute atomic E-state index is 11.1. The Kier molecular flexibility index (Phi) is 6.22. The van der Waals surface area contributed by atoms with Crippen molar-refractivity contribution >= 4 is 17.7 Å². The predicted octanol–water partition coefficient (Wildman–Crippen LogP) is 3.32. The first-order valence-corrected chi connectivity index (χ1v) is 9.56. The van der Waals surface area contributed by atoms with Gasteiger partial charge in [-0.05, 0) is 30.7 Å². The van der Waals surface area contributed by atoms with Crippen molar-refractivity contribution in [1.29, 1.82) is 5.26 Å². The van der Waals surface area contributed by atoms with Gasteiger partial charge in [-0.2, -0.15) is 5.26 Å². The summed E-state index contributed by atoms with van der Waals surface area (Å²) in [4.78, 5) is 11.1. The van der Waals surface area contributed by atoms with E-state index in [0.717, 1.165) is 11.1 Å². The van der Waals surface area contributed by atoms with E-state index in [1.165, 1.54) is 11.8 Å². The molecule has 0 spiro atoms. The monoisotopic (exact) mass is 384 g/mol. The molecule has 1 saturated heterocycles. The Morgan fingerprint density at radius 3 is 2.81 bits per heavy atom. The lowest BCUT2D eigenvalue weighted by Gasteiger charge is -2.16. The molecule has 1 heterocycles. The Morgan fingerprint density at radius 1 is 1.30 bits per heavy atom. The number of hydrogen-bond donors (Lipinski definition) is 2. The zero-order valence-electron chi connectivity index (χ0n) is 14.8. The molecule has 2 aromatic rings. The van der Waals surface area contributed by atoms with Gasteiger partial charge in [0.2, 0.25) is 0 Å². The number of nitrogens with zero attached hydrogens (tertiary/aromatic N) is 1. The minimum atomic E-state index is -0.809. The molecular weight excluding hydrogens is 364 g/mol. The normalized spacial score (nSPS) is 18.7. The number of thioether (sulfide) groups is 1. The number of carbonyl (C=O) groups is 1. The molecule has 6 nitrogen and oxygen atoms in total. The van der Waals surface area contributed by atoms with E-state index in [1.807, 2.05) is 43.3 Å². The topological polar surface area (TPSA) is 91.6 Å². The smallest absolute Gasteiger partial charge is 0.318 e. The van der Waals surface area contributed by atoms with Gasteiger partial charge in [0.1, 0.15) is 11.9 Å². The summed E-state index contributed by atoms with van der Waals surface area (Å²) in [6, 6.07) is 15.1. The van der Waals surface area contributed by atoms with E-state index in [-0.39, 0.29) is 12.0 Å². The average molecular weight is 384 g/mol. The molecule has 2 atom stereocenters. The SMILES string of the molecule is CCOc1cc([C@@H]2NC[C@@H](C(=O)O)S2)ccc1OCc1ccccc1C#N. The van der Waals surface area contributed by atoms with Crippen molar-refractivity contribution in [3.8, 4) is 17.6 Å². The third-order valence-corrected chi connectivity index (χ3v) is 5.56. The number of benzene rings is 2. The van der Waals surface area contributed by atoms with Gasteiger partial charge in [0.15, 0.2) is 11.5 Å². The number of ether oxygens (including phenoxy) is 2. The van der Waals surface area contributed by atoms with E-state index >= 15 is 0 Å². The molecule has 7 heteroatoms. The van der Waals surface area contributed by atoms with Crippen molar-refractivity contribution in [2.75, 3.05) is 13.2 Å². The summed E-state index contributed by atoms with van der Waals surface area (Å²) < 4.78 is 11.6. The number of carboxylic acids is 1. The van der Waals surface area contributed by atoms with Gasteiger partial charge in [-0.3, -0.25) is 10.1 Å². The van der Waals surface area contributed by atoms with Crippen molar-refractivity contribution in [2.24, 2.45) is 0 Å². The van der Waals surface area contributed by atoms with Crippen LogP contribution in [0, 0.1) is 11.3 Å². The van der Waals surface area contributed by atoms with E-state index in [2.05, 4.69) is 11.4 Å². The second kappa shape index (κ2) is 8.80. The Balaban J connectivity index is 1.76. The van der Waals surface area contributed by atoms with Gasteiger partial charge >= 0.3 is 5.97 Å². The fourth-order valence-corrected chi connectivity index (χ4v) is 3.94. The van der Waals surface area contributed by atoms with Gasteiger partial charge < -0.3 is 14.6 Å². The summed E-state index contributed by atoms with van der Waals surface area (Å²) in [5.41, 5.74) is 2.33. The Bertz CT molecular complexity index is 865. The van der Waals surface area contributed by atoms with Gasteiger partial charge in [-0.1, -0.05) is 24.3 Å². The largest absolute Gasteiger partial charge is 0.490 e. The molecule has 1 aliphatic heterocycles. The van der Waals surface area contributed by atoms with Crippen LogP contribution in [0.5, 0.6) is 11.5 Å². The van der Waals surface area contributed by atoms with Gasteiger partial charge in [0.25, 0.3) is 0 Å². The average Bonchev–Trinajstić information content (AvgIpc) is 3.18. The van der Waals surface area contributed by atoms with Crippen LogP contribution in [-0.4, -0.2) is 29.5 Å². The van der Waals surface area contributed by atoms with Crippen LogP contribution in [0.3, 0.4) is 0 Å². The highest BCUT2D eigenvalue weighted by molar-refractivity contribution is 8.01. The van der Waals surface area contributed by atoms with Gasteiger partial charge in [0.05, 0.1) is 23.6 Å². The summed E-state index contributed by atoms with van der Waals surface area (Å²) in [5.74, 6) is 0.382. The maximum Gasteiger partial charge on any atom is 0.318 e. The Labute approximate surface area is 162 Å². The number of nitrogens with one attached hydrogen (secondary N) is 1. The molecule has 140 valence electrons. The number of carboxylic acid groups (broad SMARTS) is 1. The first-order chi connectivity index (χ1) is 13.1. The van der Waals surface area contributed by atoms with Gasteiger partial charge in [-0.15, -0.1) is 11.8 Å². The van der Waals surface area contributed by atoms with Crippen LogP contribution in [0.4, 0.5) is 0 Å². The predicted molar refractivity (Wildman–Crippen MR) is 103 cm³/mol. The molecule has 0 bridgehead atoms. The zero-order valence-corrected chi connectivity index (χ0v) is 15.7. The van der Waals surface area contributed by atoms with Gasteiger partial charge in [0, 0.05) is 12.1 Å². The summed E-state index contributed by atoms with van der Waals surface area (Å²) >= 11 is 1.38. The molecule has 0 aliphatic carbocycles. The molecule has 3 rings (SSSR count). The fourth-order valence-electron chi connectivity index (χ4n) is 2.80. The van der Waals surface area contributed by atoms with E-state index in [0.29, 0.717) is 30.2 Å². The lowest BCUT2D eigenvalue weighted by Crippen LogP contribution is -2.21. The van der Waals surface area contributed by atoms with Gasteiger partial charge in [-0.25, -0.2) is 0 Å². The first-order valence-electron chi connectivity index (χ1n) is 8.61. The van der Waals surface area contributed by atoms with E-state index in [4.69, 9.17) is 14.6 Å². The second-order valence-corrected chi connectivity index (χ2v) is 7.26. The lowest BCUT2D eigenvalue weighted by atomic mass is 10.1. The van der Waals surface area contributed by atoms with Crippen LogP contribution in [0.25, 0.3) is 0 Å². The Morgan fingerprint density at radius 2 is 2.11 bits per heavy atom. The van der Waals surface area contributed by atoms with Crippen LogP contribution in [0.15, 0.2) is 42.5 Å². The highest BCUT2D eigenvalue weighted by atomic mass is 32.2. The van der Waals surface area contributed by atoms with E-state index in [1.54, 1.807) is 6.07 Å². The van der Waals surface area contributed by atoms with Crippen LogP contribution in [0.1, 0.15) is 29.0 Å². The summed E-state index contributed by atoms with van der Waals surface area (Å²) in [6.07, 6.45) is 0. The third-order valence-electron chi connectivity index (χ3n) is 4.16. The number of rotatable bonds is 7. The molecule has 1 aliphatic rings. The molecule has 2 aromatic carbocycles. The lowest BCUT2D eigenvalue weighted by molar-refractivity contribution is -0.136. The minimum Gasteiger partial charge on any atom is -0.490 e. The highest BCUT2D eigenvalue weighted by Gasteiger charge is 2.31. The highest BCUT2D eigenvalue weighted by Crippen LogP contribution is 2.39. The van der Waals surface area contributed by atoms with E-state index < -0.39 is 11.2 Å². The van der Waals surface area contributed by atoms with Crippen molar-refractivity contribution < 1.29 is 19.4 Å². The van der Waals surface area contributed by atoms with E-state index in [9.17, 15) is 10.1 Å². The number of nitriles is 1.